The fourth-order valence-corrected chi connectivity index (χ4v) is 3.53. The first-order chi connectivity index (χ1) is 10.5. The van der Waals surface area contributed by atoms with Gasteiger partial charge in [-0.25, -0.2) is 4.98 Å². The predicted octanol–water partition coefficient (Wildman–Crippen LogP) is 3.12. The van der Waals surface area contributed by atoms with Crippen molar-refractivity contribution in [2.24, 2.45) is 5.92 Å². The second-order valence-electron chi connectivity index (χ2n) is 6.57. The number of H-pyrrole nitrogens is 1. The van der Waals surface area contributed by atoms with Crippen LogP contribution < -0.4 is 0 Å². The fraction of sp³-hybridized carbons (Fsp3) is 0.529. The van der Waals surface area contributed by atoms with Gasteiger partial charge in [-0.15, -0.1) is 0 Å². The summed E-state index contributed by atoms with van der Waals surface area (Å²) in [5, 5.41) is 9.47. The summed E-state index contributed by atoms with van der Waals surface area (Å²) in [6.07, 6.45) is 1.65. The van der Waals surface area contributed by atoms with E-state index in [4.69, 9.17) is 4.98 Å². The van der Waals surface area contributed by atoms with Crippen LogP contribution in [-0.2, 0) is 4.79 Å². The molecule has 0 spiro atoms. The second kappa shape index (κ2) is 5.72. The molecule has 1 fully saturated rings. The summed E-state index contributed by atoms with van der Waals surface area (Å²) in [5.41, 5.74) is 3.15. The van der Waals surface area contributed by atoms with Crippen LogP contribution in [0.5, 0.6) is 0 Å². The Hall–Kier alpha value is -1.88. The van der Waals surface area contributed by atoms with E-state index in [0.29, 0.717) is 5.92 Å². The van der Waals surface area contributed by atoms with Crippen molar-refractivity contribution in [3.05, 3.63) is 29.6 Å². The molecule has 3 rings (SSSR count). The SMILES string of the molecule is Cc1ccc2nc(C(C(C)C)N3CCCC3C(=O)O)[nH]c2c1. The van der Waals surface area contributed by atoms with E-state index in [2.05, 4.69) is 36.7 Å². The highest BCUT2D eigenvalue weighted by Crippen LogP contribution is 2.34. The highest BCUT2D eigenvalue weighted by atomic mass is 16.4. The summed E-state index contributed by atoms with van der Waals surface area (Å²) in [7, 11) is 0. The maximum Gasteiger partial charge on any atom is 0.320 e. The number of carboxylic acid groups (broad SMARTS) is 1. The Balaban J connectivity index is 2.00. The minimum atomic E-state index is -0.727. The zero-order valence-corrected chi connectivity index (χ0v) is 13.3. The first kappa shape index (κ1) is 15.0. The van der Waals surface area contributed by atoms with Gasteiger partial charge in [0, 0.05) is 0 Å². The normalized spacial score (nSPS) is 20.8. The van der Waals surface area contributed by atoms with Crippen LogP contribution in [0.4, 0.5) is 0 Å². The maximum absolute atomic E-state index is 11.5. The summed E-state index contributed by atoms with van der Waals surface area (Å²) in [5.74, 6) is 0.445. The number of carbonyl (C=O) groups is 1. The molecule has 1 aromatic heterocycles. The number of fused-ring (bicyclic) bond motifs is 1. The summed E-state index contributed by atoms with van der Waals surface area (Å²) >= 11 is 0. The van der Waals surface area contributed by atoms with Crippen molar-refractivity contribution in [2.75, 3.05) is 6.54 Å². The van der Waals surface area contributed by atoms with Gasteiger partial charge in [0.2, 0.25) is 0 Å². The van der Waals surface area contributed by atoms with E-state index in [9.17, 15) is 9.90 Å². The zero-order chi connectivity index (χ0) is 15.9. The van der Waals surface area contributed by atoms with Gasteiger partial charge in [-0.2, -0.15) is 0 Å². The number of likely N-dealkylation sites (tertiary alicyclic amines) is 1. The first-order valence-corrected chi connectivity index (χ1v) is 7.92. The van der Waals surface area contributed by atoms with E-state index < -0.39 is 12.0 Å². The largest absolute Gasteiger partial charge is 0.480 e. The number of hydrogen-bond acceptors (Lipinski definition) is 3. The van der Waals surface area contributed by atoms with Crippen LogP contribution in [-0.4, -0.2) is 38.5 Å². The van der Waals surface area contributed by atoms with Crippen LogP contribution in [0.3, 0.4) is 0 Å². The van der Waals surface area contributed by atoms with Crippen molar-refractivity contribution < 1.29 is 9.90 Å². The van der Waals surface area contributed by atoms with Crippen molar-refractivity contribution in [3.63, 3.8) is 0 Å². The van der Waals surface area contributed by atoms with Crippen LogP contribution in [0.2, 0.25) is 0 Å². The molecule has 5 nitrogen and oxygen atoms in total. The standard InChI is InChI=1S/C17H23N3O2/c1-10(2)15(20-8-4-5-14(20)17(21)22)16-18-12-7-6-11(3)9-13(12)19-16/h6-7,9-10,14-15H,4-5,8H2,1-3H3,(H,18,19)(H,21,22). The second-order valence-corrected chi connectivity index (χ2v) is 6.57. The first-order valence-electron chi connectivity index (χ1n) is 7.92. The quantitative estimate of drug-likeness (QED) is 0.910. The van der Waals surface area contributed by atoms with E-state index in [1.807, 2.05) is 12.1 Å². The predicted molar refractivity (Wildman–Crippen MR) is 85.8 cm³/mol. The summed E-state index contributed by atoms with van der Waals surface area (Å²) in [6, 6.07) is 5.76. The Morgan fingerprint density at radius 2 is 2.23 bits per heavy atom. The van der Waals surface area contributed by atoms with Crippen molar-refractivity contribution in [2.45, 2.75) is 45.7 Å². The van der Waals surface area contributed by atoms with Crippen molar-refractivity contribution in [3.8, 4) is 0 Å². The van der Waals surface area contributed by atoms with E-state index in [1.165, 1.54) is 5.56 Å². The third-order valence-electron chi connectivity index (χ3n) is 4.50. The number of benzene rings is 1. The lowest BCUT2D eigenvalue weighted by Crippen LogP contribution is -2.41. The minimum Gasteiger partial charge on any atom is -0.480 e. The molecule has 1 aromatic carbocycles. The van der Waals surface area contributed by atoms with Gasteiger partial charge < -0.3 is 10.1 Å². The number of nitrogens with zero attached hydrogens (tertiary/aromatic N) is 2. The molecule has 0 aliphatic carbocycles. The molecule has 2 atom stereocenters. The fourth-order valence-electron chi connectivity index (χ4n) is 3.53. The minimum absolute atomic E-state index is 0.0105. The molecule has 0 amide bonds. The molecule has 22 heavy (non-hydrogen) atoms. The number of imidazole rings is 1. The molecule has 2 heterocycles. The number of aliphatic carboxylic acids is 1. The lowest BCUT2D eigenvalue weighted by molar-refractivity contribution is -0.143. The van der Waals surface area contributed by atoms with Gasteiger partial charge in [0.15, 0.2) is 0 Å². The Bertz CT molecular complexity index is 692. The maximum atomic E-state index is 11.5. The molecule has 1 aliphatic heterocycles. The molecule has 5 heteroatoms. The highest BCUT2D eigenvalue weighted by Gasteiger charge is 2.38. The van der Waals surface area contributed by atoms with Gasteiger partial charge in [0.1, 0.15) is 11.9 Å². The Labute approximate surface area is 130 Å². The van der Waals surface area contributed by atoms with Crippen molar-refractivity contribution in [1.29, 1.82) is 0 Å². The third kappa shape index (κ3) is 2.61. The van der Waals surface area contributed by atoms with Crippen LogP contribution in [0.15, 0.2) is 18.2 Å². The van der Waals surface area contributed by atoms with Gasteiger partial charge in [-0.1, -0.05) is 19.9 Å². The molecular weight excluding hydrogens is 278 g/mol. The smallest absolute Gasteiger partial charge is 0.320 e. The molecule has 2 N–H and O–H groups in total. The highest BCUT2D eigenvalue weighted by molar-refractivity contribution is 5.76. The molecule has 0 radical (unpaired) electrons. The number of aromatic nitrogens is 2. The topological polar surface area (TPSA) is 69.2 Å². The van der Waals surface area contributed by atoms with Crippen LogP contribution >= 0.6 is 0 Å². The number of aryl methyl sites for hydroxylation is 1. The number of hydrogen-bond donors (Lipinski definition) is 2. The summed E-state index contributed by atoms with van der Waals surface area (Å²) in [4.78, 5) is 21.7. The molecule has 2 unspecified atom stereocenters. The molecule has 1 aliphatic rings. The van der Waals surface area contributed by atoms with Gasteiger partial charge in [0.25, 0.3) is 0 Å². The summed E-state index contributed by atoms with van der Waals surface area (Å²) in [6.45, 7) is 7.12. The van der Waals surface area contributed by atoms with Crippen molar-refractivity contribution >= 4 is 17.0 Å². The van der Waals surface area contributed by atoms with E-state index in [0.717, 1.165) is 36.2 Å². The average Bonchev–Trinajstić information content (AvgIpc) is 3.04. The zero-order valence-electron chi connectivity index (χ0n) is 13.3. The molecule has 2 aromatic rings. The van der Waals surface area contributed by atoms with E-state index >= 15 is 0 Å². The van der Waals surface area contributed by atoms with Crippen LogP contribution in [0.25, 0.3) is 11.0 Å². The van der Waals surface area contributed by atoms with Gasteiger partial charge in [-0.05, 0) is 49.9 Å². The van der Waals surface area contributed by atoms with Crippen LogP contribution in [0.1, 0.15) is 44.1 Å². The molecule has 0 saturated carbocycles. The summed E-state index contributed by atoms with van der Waals surface area (Å²) < 4.78 is 0. The van der Waals surface area contributed by atoms with E-state index in [1.54, 1.807) is 0 Å². The van der Waals surface area contributed by atoms with E-state index in [-0.39, 0.29) is 6.04 Å². The van der Waals surface area contributed by atoms with Gasteiger partial charge in [-0.3, -0.25) is 9.69 Å². The number of nitrogens with one attached hydrogen (secondary N) is 1. The third-order valence-corrected chi connectivity index (χ3v) is 4.50. The Morgan fingerprint density at radius 1 is 1.45 bits per heavy atom. The van der Waals surface area contributed by atoms with Gasteiger partial charge >= 0.3 is 5.97 Å². The van der Waals surface area contributed by atoms with Crippen molar-refractivity contribution in [1.82, 2.24) is 14.9 Å². The van der Waals surface area contributed by atoms with Crippen LogP contribution in [0, 0.1) is 12.8 Å². The number of rotatable bonds is 4. The Morgan fingerprint density at radius 3 is 2.91 bits per heavy atom. The molecule has 1 saturated heterocycles. The lowest BCUT2D eigenvalue weighted by Gasteiger charge is -2.32. The van der Waals surface area contributed by atoms with Gasteiger partial charge in [0.05, 0.1) is 17.1 Å². The molecular formula is C17H23N3O2. The number of carboxylic acids is 1. The lowest BCUT2D eigenvalue weighted by atomic mass is 10.0. The average molecular weight is 301 g/mol. The molecule has 118 valence electrons. The molecule has 0 bridgehead atoms. The Kier molecular flexibility index (Phi) is 3.91. The number of aromatic amines is 1. The monoisotopic (exact) mass is 301 g/mol.